The van der Waals surface area contributed by atoms with Crippen LogP contribution in [-0.2, 0) is 0 Å². The average molecular weight is 241 g/mol. The van der Waals surface area contributed by atoms with Crippen molar-refractivity contribution in [1.82, 2.24) is 0 Å². The summed E-state index contributed by atoms with van der Waals surface area (Å²) in [5, 5.41) is 19.2. The van der Waals surface area contributed by atoms with Crippen LogP contribution in [0.4, 0.5) is 10.1 Å². The Morgan fingerprint density at radius 3 is 2.75 bits per heavy atom. The lowest BCUT2D eigenvalue weighted by Gasteiger charge is -2.02. The van der Waals surface area contributed by atoms with Gasteiger partial charge >= 0.3 is 0 Å². The van der Waals surface area contributed by atoms with Gasteiger partial charge in [0.05, 0.1) is 27.7 Å². The number of nitrogens with zero attached hydrogens (tertiary/aromatic N) is 2. The minimum Gasteiger partial charge on any atom is -0.258 e. The summed E-state index contributed by atoms with van der Waals surface area (Å²) >= 11 is 5.79. The number of hydrogen-bond donors (Lipinski definition) is 0. The third-order valence-corrected chi connectivity index (χ3v) is 2.38. The van der Waals surface area contributed by atoms with Crippen molar-refractivity contribution in [3.05, 3.63) is 45.3 Å². The van der Waals surface area contributed by atoms with Gasteiger partial charge in [0, 0.05) is 5.57 Å². The van der Waals surface area contributed by atoms with Gasteiger partial charge in [-0.25, -0.2) is 4.39 Å². The number of nitriles is 1. The summed E-state index contributed by atoms with van der Waals surface area (Å²) < 4.78 is 12.8. The van der Waals surface area contributed by atoms with Crippen LogP contribution >= 0.6 is 11.6 Å². The fourth-order valence-electron chi connectivity index (χ4n) is 1.09. The van der Waals surface area contributed by atoms with Gasteiger partial charge in [-0.15, -0.1) is 0 Å². The lowest BCUT2D eigenvalue weighted by molar-refractivity contribution is -0.385. The van der Waals surface area contributed by atoms with Gasteiger partial charge < -0.3 is 0 Å². The van der Waals surface area contributed by atoms with Crippen molar-refractivity contribution >= 4 is 22.3 Å². The van der Waals surface area contributed by atoms with Crippen molar-refractivity contribution in [2.24, 2.45) is 0 Å². The molecule has 6 heteroatoms. The van der Waals surface area contributed by atoms with Gasteiger partial charge in [0.15, 0.2) is 0 Å². The van der Waals surface area contributed by atoms with Crippen LogP contribution in [0.3, 0.4) is 0 Å². The Hall–Kier alpha value is -1.93. The summed E-state index contributed by atoms with van der Waals surface area (Å²) in [7, 11) is 0. The molecule has 1 rings (SSSR count). The van der Waals surface area contributed by atoms with Gasteiger partial charge in [0.2, 0.25) is 0 Å². The van der Waals surface area contributed by atoms with E-state index >= 15 is 0 Å². The summed E-state index contributed by atoms with van der Waals surface area (Å²) in [6.07, 6.45) is 0. The monoisotopic (exact) mass is 240 g/mol. The Bertz CT molecular complexity index is 520. The van der Waals surface area contributed by atoms with Crippen molar-refractivity contribution in [2.45, 2.75) is 6.92 Å². The Morgan fingerprint density at radius 2 is 2.25 bits per heavy atom. The number of benzene rings is 1. The second kappa shape index (κ2) is 4.73. The molecule has 0 saturated heterocycles. The number of allylic oxidation sites excluding steroid dienone is 1. The highest BCUT2D eigenvalue weighted by atomic mass is 35.5. The largest absolute Gasteiger partial charge is 0.281 e. The van der Waals surface area contributed by atoms with Crippen molar-refractivity contribution in [1.29, 1.82) is 5.26 Å². The molecule has 0 aliphatic rings. The Balaban J connectivity index is 3.47. The molecule has 16 heavy (non-hydrogen) atoms. The first-order valence-electron chi connectivity index (χ1n) is 4.18. The van der Waals surface area contributed by atoms with Gasteiger partial charge in [0.25, 0.3) is 5.69 Å². The maximum atomic E-state index is 12.8. The average Bonchev–Trinajstić information content (AvgIpc) is 2.26. The van der Waals surface area contributed by atoms with Crippen molar-refractivity contribution in [3.8, 4) is 6.07 Å². The number of rotatable bonds is 2. The van der Waals surface area contributed by atoms with Crippen LogP contribution in [0.1, 0.15) is 12.5 Å². The van der Waals surface area contributed by atoms with Crippen molar-refractivity contribution in [2.75, 3.05) is 0 Å². The Kier molecular flexibility index (Phi) is 3.59. The van der Waals surface area contributed by atoms with E-state index in [4.69, 9.17) is 16.9 Å². The Labute approximate surface area is 95.7 Å². The van der Waals surface area contributed by atoms with Crippen LogP contribution in [0.15, 0.2) is 23.8 Å². The molecule has 0 aromatic heterocycles. The minimum absolute atomic E-state index is 0.0344. The van der Waals surface area contributed by atoms with E-state index in [1.54, 1.807) is 6.07 Å². The highest BCUT2D eigenvalue weighted by Crippen LogP contribution is 2.31. The topological polar surface area (TPSA) is 66.9 Å². The van der Waals surface area contributed by atoms with Crippen LogP contribution in [0.2, 0.25) is 0 Å². The molecule has 82 valence electrons. The number of hydrogen-bond acceptors (Lipinski definition) is 3. The molecule has 0 saturated carbocycles. The number of halogens is 2. The van der Waals surface area contributed by atoms with Gasteiger partial charge in [-0.2, -0.15) is 5.26 Å². The zero-order chi connectivity index (χ0) is 12.3. The van der Waals surface area contributed by atoms with Gasteiger partial charge in [-0.05, 0) is 19.1 Å². The molecule has 0 spiro atoms. The fraction of sp³-hybridized carbons (Fsp3) is 0.100. The molecule has 0 atom stereocenters. The zero-order valence-corrected chi connectivity index (χ0v) is 8.95. The summed E-state index contributed by atoms with van der Waals surface area (Å²) in [6.45, 7) is 1.43. The van der Waals surface area contributed by atoms with Crippen LogP contribution in [-0.4, -0.2) is 4.92 Å². The SMILES string of the molecule is C/C(C#N)=C(/Cl)c1ccc(F)cc1[N+](=O)[O-]. The van der Waals surface area contributed by atoms with Gasteiger partial charge in [-0.1, -0.05) is 11.6 Å². The van der Waals surface area contributed by atoms with E-state index in [0.717, 1.165) is 12.1 Å². The number of nitro benzene ring substituents is 1. The third kappa shape index (κ3) is 2.35. The Morgan fingerprint density at radius 1 is 1.62 bits per heavy atom. The van der Waals surface area contributed by atoms with E-state index < -0.39 is 16.4 Å². The molecule has 0 N–H and O–H groups in total. The van der Waals surface area contributed by atoms with E-state index in [-0.39, 0.29) is 16.2 Å². The summed E-state index contributed by atoms with van der Waals surface area (Å²) in [5.41, 5.74) is -0.289. The first-order valence-corrected chi connectivity index (χ1v) is 4.56. The molecule has 0 heterocycles. The normalized spacial score (nSPS) is 11.6. The van der Waals surface area contributed by atoms with Crippen LogP contribution in [0.5, 0.6) is 0 Å². The molecule has 0 amide bonds. The quantitative estimate of drug-likeness (QED) is 0.453. The fourth-order valence-corrected chi connectivity index (χ4v) is 1.29. The van der Waals surface area contributed by atoms with Crippen molar-refractivity contribution < 1.29 is 9.31 Å². The maximum absolute atomic E-state index is 12.8. The first kappa shape index (κ1) is 12.1. The predicted molar refractivity (Wildman–Crippen MR) is 57.1 cm³/mol. The molecule has 0 bridgehead atoms. The van der Waals surface area contributed by atoms with E-state index in [0.29, 0.717) is 0 Å². The molecule has 0 aliphatic carbocycles. The smallest absolute Gasteiger partial charge is 0.258 e. The summed E-state index contributed by atoms with van der Waals surface area (Å²) in [4.78, 5) is 9.92. The third-order valence-electron chi connectivity index (χ3n) is 1.89. The van der Waals surface area contributed by atoms with E-state index in [2.05, 4.69) is 0 Å². The molecule has 1 aromatic carbocycles. The van der Waals surface area contributed by atoms with E-state index in [1.807, 2.05) is 0 Å². The van der Waals surface area contributed by atoms with Gasteiger partial charge in [0.1, 0.15) is 5.82 Å². The zero-order valence-electron chi connectivity index (χ0n) is 8.20. The summed E-state index contributed by atoms with van der Waals surface area (Å²) in [5.74, 6) is -0.727. The van der Waals surface area contributed by atoms with Crippen molar-refractivity contribution in [3.63, 3.8) is 0 Å². The molecule has 0 fully saturated rings. The lowest BCUT2D eigenvalue weighted by Crippen LogP contribution is -1.95. The second-order valence-corrected chi connectivity index (χ2v) is 3.35. The molecule has 4 nitrogen and oxygen atoms in total. The lowest BCUT2D eigenvalue weighted by atomic mass is 10.1. The maximum Gasteiger partial charge on any atom is 0.281 e. The molecule has 0 aliphatic heterocycles. The van der Waals surface area contributed by atoms with E-state index in [9.17, 15) is 14.5 Å². The molecule has 1 aromatic rings. The predicted octanol–water partition coefficient (Wildman–Crippen LogP) is 3.23. The molecule has 0 radical (unpaired) electrons. The van der Waals surface area contributed by atoms with Gasteiger partial charge in [-0.3, -0.25) is 10.1 Å². The number of nitro groups is 1. The van der Waals surface area contributed by atoms with Crippen LogP contribution in [0, 0.1) is 27.3 Å². The first-order chi connectivity index (χ1) is 7.47. The minimum atomic E-state index is -0.745. The van der Waals surface area contributed by atoms with Crippen LogP contribution in [0.25, 0.3) is 5.03 Å². The molecular formula is C10H6ClFN2O2. The molecule has 0 unspecified atom stereocenters. The summed E-state index contributed by atoms with van der Waals surface area (Å²) in [6, 6.07) is 4.77. The highest BCUT2D eigenvalue weighted by Gasteiger charge is 2.18. The molecular weight excluding hydrogens is 235 g/mol. The highest BCUT2D eigenvalue weighted by molar-refractivity contribution is 6.50. The van der Waals surface area contributed by atoms with Crippen LogP contribution < -0.4 is 0 Å². The standard InChI is InChI=1S/C10H6ClFN2O2/c1-6(5-13)10(11)8-3-2-7(12)4-9(8)14(15)16/h2-4H,1H3/b10-6-. The van der Waals surface area contributed by atoms with E-state index in [1.165, 1.54) is 13.0 Å². The second-order valence-electron chi connectivity index (χ2n) is 2.97.